The maximum Gasteiger partial charge on any atom is 0.224 e. The van der Waals surface area contributed by atoms with Crippen molar-refractivity contribution >= 4 is 34.8 Å². The summed E-state index contributed by atoms with van der Waals surface area (Å²) in [6.45, 7) is 1.21. The van der Waals surface area contributed by atoms with Crippen LogP contribution in [0.3, 0.4) is 0 Å². The number of nitrogens with one attached hydrogen (secondary N) is 1. The van der Waals surface area contributed by atoms with Gasteiger partial charge in [-0.25, -0.2) is 0 Å². The molecule has 1 N–H and O–H groups in total. The number of benzene rings is 1. The van der Waals surface area contributed by atoms with Crippen LogP contribution in [-0.2, 0) is 11.2 Å². The smallest absolute Gasteiger partial charge is 0.224 e. The van der Waals surface area contributed by atoms with Gasteiger partial charge in [0.2, 0.25) is 5.91 Å². The molecule has 0 spiro atoms. The first kappa shape index (κ1) is 17.6. The Morgan fingerprint density at radius 2 is 1.96 bits per heavy atom. The van der Waals surface area contributed by atoms with Crippen molar-refractivity contribution in [3.05, 3.63) is 58.3 Å². The van der Waals surface area contributed by atoms with E-state index >= 15 is 0 Å². The summed E-state index contributed by atoms with van der Waals surface area (Å²) in [7, 11) is 1.82. The first-order chi connectivity index (χ1) is 11.1. The van der Waals surface area contributed by atoms with Gasteiger partial charge in [0.05, 0.1) is 10.7 Å². The van der Waals surface area contributed by atoms with E-state index in [1.54, 1.807) is 29.4 Å². The van der Waals surface area contributed by atoms with E-state index in [1.165, 1.54) is 5.56 Å². The Labute approximate surface area is 146 Å². The number of anilines is 1. The van der Waals surface area contributed by atoms with Gasteiger partial charge < -0.3 is 10.2 Å². The number of aromatic nitrogens is 1. The predicted molar refractivity (Wildman–Crippen MR) is 95.1 cm³/mol. The molecule has 2 rings (SSSR count). The summed E-state index contributed by atoms with van der Waals surface area (Å²) in [5.41, 5.74) is 1.95. The minimum absolute atomic E-state index is 0.0941. The molecular formula is C17H19Cl2N3O. The van der Waals surface area contributed by atoms with Gasteiger partial charge in [0.25, 0.3) is 0 Å². The third-order valence-electron chi connectivity index (χ3n) is 3.50. The van der Waals surface area contributed by atoms with Gasteiger partial charge in [-0.3, -0.25) is 9.78 Å². The number of hydrogen-bond acceptors (Lipinski definition) is 3. The van der Waals surface area contributed by atoms with E-state index < -0.39 is 0 Å². The molecule has 1 aromatic carbocycles. The normalized spacial score (nSPS) is 10.4. The van der Waals surface area contributed by atoms with Crippen LogP contribution in [0.2, 0.25) is 10.0 Å². The summed E-state index contributed by atoms with van der Waals surface area (Å²) < 4.78 is 0. The van der Waals surface area contributed by atoms with Gasteiger partial charge in [-0.15, -0.1) is 0 Å². The second-order valence-electron chi connectivity index (χ2n) is 5.22. The molecule has 1 aromatic heterocycles. The zero-order chi connectivity index (χ0) is 16.7. The summed E-state index contributed by atoms with van der Waals surface area (Å²) in [6, 6.07) is 9.17. The van der Waals surface area contributed by atoms with Gasteiger partial charge in [-0.05, 0) is 42.3 Å². The molecule has 0 aliphatic rings. The van der Waals surface area contributed by atoms with Crippen molar-refractivity contribution in [2.24, 2.45) is 0 Å². The van der Waals surface area contributed by atoms with E-state index in [0.717, 1.165) is 12.1 Å². The first-order valence-corrected chi connectivity index (χ1v) is 8.13. The van der Waals surface area contributed by atoms with Gasteiger partial charge >= 0.3 is 0 Å². The Balaban J connectivity index is 1.73. The van der Waals surface area contributed by atoms with E-state index in [2.05, 4.69) is 10.3 Å². The van der Waals surface area contributed by atoms with Crippen molar-refractivity contribution in [3.8, 4) is 0 Å². The highest BCUT2D eigenvalue weighted by molar-refractivity contribution is 6.36. The minimum atomic E-state index is 0.0941. The van der Waals surface area contributed by atoms with Crippen LogP contribution in [-0.4, -0.2) is 35.9 Å². The fraction of sp³-hybridized carbons (Fsp3) is 0.294. The molecule has 6 heteroatoms. The number of carbonyl (C=O) groups excluding carboxylic acids is 1. The van der Waals surface area contributed by atoms with Gasteiger partial charge in [-0.1, -0.05) is 23.2 Å². The zero-order valence-corrected chi connectivity index (χ0v) is 14.4. The van der Waals surface area contributed by atoms with Crippen molar-refractivity contribution in [2.75, 3.05) is 25.5 Å². The fourth-order valence-corrected chi connectivity index (χ4v) is 2.57. The maximum atomic E-state index is 12.1. The highest BCUT2D eigenvalue weighted by atomic mass is 35.5. The summed E-state index contributed by atoms with van der Waals surface area (Å²) in [5.74, 6) is 0.0941. The van der Waals surface area contributed by atoms with Crippen molar-refractivity contribution in [2.45, 2.75) is 12.8 Å². The highest BCUT2D eigenvalue weighted by Crippen LogP contribution is 2.25. The lowest BCUT2D eigenvalue weighted by Gasteiger charge is -2.17. The van der Waals surface area contributed by atoms with Crippen LogP contribution in [0, 0.1) is 0 Å². The molecular weight excluding hydrogens is 333 g/mol. The van der Waals surface area contributed by atoms with E-state index in [-0.39, 0.29) is 5.91 Å². The van der Waals surface area contributed by atoms with Gasteiger partial charge in [0, 0.05) is 44.0 Å². The SMILES string of the molecule is CN(CCc1ccncc1)C(=O)CCNc1ccc(Cl)cc1Cl. The van der Waals surface area contributed by atoms with Crippen LogP contribution in [0.15, 0.2) is 42.7 Å². The van der Waals surface area contributed by atoms with Crippen molar-refractivity contribution in [3.63, 3.8) is 0 Å². The first-order valence-electron chi connectivity index (χ1n) is 7.38. The molecule has 1 heterocycles. The average Bonchev–Trinajstić information content (AvgIpc) is 2.55. The number of nitrogens with zero attached hydrogens (tertiary/aromatic N) is 2. The quantitative estimate of drug-likeness (QED) is 0.822. The Bertz CT molecular complexity index is 650. The van der Waals surface area contributed by atoms with Crippen molar-refractivity contribution in [1.29, 1.82) is 0 Å². The average molecular weight is 352 g/mol. The summed E-state index contributed by atoms with van der Waals surface area (Å²) in [5, 5.41) is 4.30. The molecule has 0 unspecified atom stereocenters. The summed E-state index contributed by atoms with van der Waals surface area (Å²) >= 11 is 11.9. The topological polar surface area (TPSA) is 45.2 Å². The molecule has 0 saturated heterocycles. The van der Waals surface area contributed by atoms with E-state index in [1.807, 2.05) is 25.2 Å². The van der Waals surface area contributed by atoms with Crippen LogP contribution in [0.4, 0.5) is 5.69 Å². The lowest BCUT2D eigenvalue weighted by Crippen LogP contribution is -2.30. The Morgan fingerprint density at radius 3 is 2.65 bits per heavy atom. The Kier molecular flexibility index (Phi) is 6.68. The lowest BCUT2D eigenvalue weighted by molar-refractivity contribution is -0.129. The Hall–Kier alpha value is -1.78. The number of hydrogen-bond donors (Lipinski definition) is 1. The van der Waals surface area contributed by atoms with Gasteiger partial charge in [0.1, 0.15) is 0 Å². The second-order valence-corrected chi connectivity index (χ2v) is 6.07. The zero-order valence-electron chi connectivity index (χ0n) is 12.9. The molecule has 0 bridgehead atoms. The van der Waals surface area contributed by atoms with E-state index in [4.69, 9.17) is 23.2 Å². The number of carbonyl (C=O) groups is 1. The van der Waals surface area contributed by atoms with E-state index in [9.17, 15) is 4.79 Å². The third kappa shape index (κ3) is 5.73. The fourth-order valence-electron chi connectivity index (χ4n) is 2.10. The molecule has 0 atom stereocenters. The monoisotopic (exact) mass is 351 g/mol. The molecule has 0 fully saturated rings. The molecule has 0 aliphatic carbocycles. The largest absolute Gasteiger partial charge is 0.383 e. The Morgan fingerprint density at radius 1 is 1.22 bits per heavy atom. The predicted octanol–water partition coefficient (Wildman–Crippen LogP) is 3.89. The number of likely N-dealkylation sites (N-methyl/N-ethyl adjacent to an activating group) is 1. The van der Waals surface area contributed by atoms with Crippen LogP contribution in [0.25, 0.3) is 0 Å². The molecule has 122 valence electrons. The van der Waals surface area contributed by atoms with Crippen molar-refractivity contribution < 1.29 is 4.79 Å². The summed E-state index contributed by atoms with van der Waals surface area (Å²) in [4.78, 5) is 17.8. The lowest BCUT2D eigenvalue weighted by atomic mass is 10.2. The van der Waals surface area contributed by atoms with Crippen LogP contribution >= 0.6 is 23.2 Å². The number of pyridine rings is 1. The standard InChI is InChI=1S/C17H19Cl2N3O/c1-22(11-7-13-4-8-20-9-5-13)17(23)6-10-21-16-3-2-14(18)12-15(16)19/h2-5,8-9,12,21H,6-7,10-11H2,1H3. The molecule has 4 nitrogen and oxygen atoms in total. The van der Waals surface area contributed by atoms with E-state index in [0.29, 0.717) is 29.6 Å². The van der Waals surface area contributed by atoms with Crippen LogP contribution < -0.4 is 5.32 Å². The third-order valence-corrected chi connectivity index (χ3v) is 4.04. The molecule has 2 aromatic rings. The molecule has 1 amide bonds. The van der Waals surface area contributed by atoms with Crippen LogP contribution in [0.1, 0.15) is 12.0 Å². The highest BCUT2D eigenvalue weighted by Gasteiger charge is 2.09. The molecule has 0 aliphatic heterocycles. The molecule has 0 radical (unpaired) electrons. The molecule has 0 saturated carbocycles. The summed E-state index contributed by atoms with van der Waals surface area (Å²) in [6.07, 6.45) is 4.75. The second kappa shape index (κ2) is 8.75. The number of rotatable bonds is 7. The minimum Gasteiger partial charge on any atom is -0.383 e. The maximum absolute atomic E-state index is 12.1. The number of amides is 1. The van der Waals surface area contributed by atoms with Gasteiger partial charge in [-0.2, -0.15) is 0 Å². The number of halogens is 2. The molecule has 23 heavy (non-hydrogen) atoms. The van der Waals surface area contributed by atoms with Gasteiger partial charge in [0.15, 0.2) is 0 Å². The van der Waals surface area contributed by atoms with Crippen LogP contribution in [0.5, 0.6) is 0 Å². The van der Waals surface area contributed by atoms with Crippen molar-refractivity contribution in [1.82, 2.24) is 9.88 Å².